The Hall–Kier alpha value is -2.64. The molecule has 4 rings (SSSR count). The van der Waals surface area contributed by atoms with Crippen LogP contribution in [0.5, 0.6) is 0 Å². The van der Waals surface area contributed by atoms with Gasteiger partial charge in [-0.3, -0.25) is 0 Å². The van der Waals surface area contributed by atoms with E-state index < -0.39 is 5.97 Å². The third-order valence-corrected chi connectivity index (χ3v) is 5.58. The molecule has 1 aliphatic heterocycles. The van der Waals surface area contributed by atoms with Gasteiger partial charge in [-0.1, -0.05) is 30.3 Å². The number of hydrogen-bond donors (Lipinski definition) is 0. The molecule has 144 valence electrons. The Kier molecular flexibility index (Phi) is 6.04. The van der Waals surface area contributed by atoms with Crippen LogP contribution in [0.25, 0.3) is 11.5 Å². The van der Waals surface area contributed by atoms with Gasteiger partial charge in [0.1, 0.15) is 0 Å². The average Bonchev–Trinajstić information content (AvgIpc) is 3.43. The van der Waals surface area contributed by atoms with E-state index in [0.717, 1.165) is 35.7 Å². The molecule has 0 spiro atoms. The van der Waals surface area contributed by atoms with Crippen LogP contribution < -0.4 is 0 Å². The second-order valence-corrected chi connectivity index (χ2v) is 7.45. The van der Waals surface area contributed by atoms with E-state index in [1.165, 1.54) is 0 Å². The third kappa shape index (κ3) is 4.61. The highest BCUT2D eigenvalue weighted by Crippen LogP contribution is 2.27. The van der Waals surface area contributed by atoms with Crippen LogP contribution >= 0.6 is 11.8 Å². The van der Waals surface area contributed by atoms with Gasteiger partial charge in [0, 0.05) is 22.8 Å². The molecule has 0 bridgehead atoms. The minimum atomic E-state index is -0.407. The van der Waals surface area contributed by atoms with Gasteiger partial charge in [0.2, 0.25) is 5.89 Å². The first-order chi connectivity index (χ1) is 13.8. The molecular weight excluding hydrogens is 376 g/mol. The summed E-state index contributed by atoms with van der Waals surface area (Å²) in [5.41, 5.74) is 1.36. The summed E-state index contributed by atoms with van der Waals surface area (Å²) in [5.74, 6) is 1.08. The fourth-order valence-corrected chi connectivity index (χ4v) is 4.04. The fraction of sp³-hybridized carbons (Fsp3) is 0.286. The zero-order valence-electron chi connectivity index (χ0n) is 15.2. The topological polar surface area (TPSA) is 74.5 Å². The van der Waals surface area contributed by atoms with Gasteiger partial charge < -0.3 is 13.9 Å². The van der Waals surface area contributed by atoms with E-state index in [-0.39, 0.29) is 18.6 Å². The van der Waals surface area contributed by atoms with Gasteiger partial charge >= 0.3 is 5.97 Å². The molecule has 0 amide bonds. The number of esters is 1. The van der Waals surface area contributed by atoms with Crippen LogP contribution in [0, 0.1) is 0 Å². The lowest BCUT2D eigenvalue weighted by atomic mass is 10.2. The van der Waals surface area contributed by atoms with E-state index in [2.05, 4.69) is 10.2 Å². The molecule has 1 atom stereocenters. The van der Waals surface area contributed by atoms with Crippen LogP contribution in [0.3, 0.4) is 0 Å². The normalized spacial score (nSPS) is 16.2. The van der Waals surface area contributed by atoms with Crippen molar-refractivity contribution in [2.24, 2.45) is 0 Å². The van der Waals surface area contributed by atoms with Crippen LogP contribution in [0.15, 0.2) is 63.9 Å². The van der Waals surface area contributed by atoms with E-state index in [0.29, 0.717) is 11.5 Å². The Bertz CT molecular complexity index is 923. The number of carbonyl (C=O) groups excluding carboxylic acids is 1. The lowest BCUT2D eigenvalue weighted by Crippen LogP contribution is -2.10. The van der Waals surface area contributed by atoms with Crippen molar-refractivity contribution < 1.29 is 18.7 Å². The molecule has 3 aromatic rings. The molecule has 1 saturated heterocycles. The first-order valence-electron chi connectivity index (χ1n) is 9.18. The van der Waals surface area contributed by atoms with Crippen LogP contribution in [-0.2, 0) is 16.1 Å². The molecular formula is C21H20N2O4S. The molecule has 0 saturated carbocycles. The molecule has 0 radical (unpaired) electrons. The predicted octanol–water partition coefficient (Wildman–Crippen LogP) is 4.36. The summed E-state index contributed by atoms with van der Waals surface area (Å²) >= 11 is 1.62. The van der Waals surface area contributed by atoms with Crippen molar-refractivity contribution >= 4 is 17.7 Å². The predicted molar refractivity (Wildman–Crippen MR) is 105 cm³/mol. The Labute approximate surface area is 167 Å². The minimum Gasteiger partial charge on any atom is -0.452 e. The number of hydrogen-bond acceptors (Lipinski definition) is 7. The summed E-state index contributed by atoms with van der Waals surface area (Å²) in [5, 5.41) is 7.96. The van der Waals surface area contributed by atoms with E-state index in [9.17, 15) is 4.79 Å². The lowest BCUT2D eigenvalue weighted by molar-refractivity contribution is 0.0434. The molecule has 7 heteroatoms. The molecule has 2 heterocycles. The zero-order valence-corrected chi connectivity index (χ0v) is 16.1. The van der Waals surface area contributed by atoms with Gasteiger partial charge in [-0.25, -0.2) is 4.79 Å². The molecule has 28 heavy (non-hydrogen) atoms. The molecule has 6 nitrogen and oxygen atoms in total. The molecule has 0 aliphatic carbocycles. The summed E-state index contributed by atoms with van der Waals surface area (Å²) in [7, 11) is 0. The number of rotatable bonds is 7. The molecule has 1 aromatic heterocycles. The smallest absolute Gasteiger partial charge is 0.339 e. The summed E-state index contributed by atoms with van der Waals surface area (Å²) in [6.45, 7) is 0.757. The maximum Gasteiger partial charge on any atom is 0.339 e. The van der Waals surface area contributed by atoms with Crippen LogP contribution in [0.1, 0.15) is 29.1 Å². The number of thioether (sulfide) groups is 1. The standard InChI is InChI=1S/C21H20N2O4S/c24-21(17-10-4-5-11-18(17)28-14-16-9-6-12-25-16)26-13-19-22-23-20(27-19)15-7-2-1-3-8-15/h1-5,7-8,10-11,16H,6,9,12-14H2/t16-/m1/s1. The summed E-state index contributed by atoms with van der Waals surface area (Å²) in [6.07, 6.45) is 2.42. The van der Waals surface area contributed by atoms with E-state index in [1.807, 2.05) is 48.5 Å². The van der Waals surface area contributed by atoms with Gasteiger partial charge in [-0.2, -0.15) is 0 Å². The Morgan fingerprint density at radius 2 is 1.93 bits per heavy atom. The number of carbonyl (C=O) groups is 1. The van der Waals surface area contributed by atoms with Crippen molar-refractivity contribution in [1.82, 2.24) is 10.2 Å². The average molecular weight is 396 g/mol. The van der Waals surface area contributed by atoms with Gasteiger partial charge in [0.15, 0.2) is 6.61 Å². The van der Waals surface area contributed by atoms with Crippen molar-refractivity contribution in [2.75, 3.05) is 12.4 Å². The van der Waals surface area contributed by atoms with Crippen molar-refractivity contribution in [3.8, 4) is 11.5 Å². The van der Waals surface area contributed by atoms with E-state index in [4.69, 9.17) is 13.9 Å². The molecule has 2 aromatic carbocycles. The Balaban J connectivity index is 1.37. The van der Waals surface area contributed by atoms with Crippen LogP contribution in [-0.4, -0.2) is 34.6 Å². The number of benzene rings is 2. The van der Waals surface area contributed by atoms with Crippen LogP contribution in [0.2, 0.25) is 0 Å². The number of nitrogens with zero attached hydrogens (tertiary/aromatic N) is 2. The highest BCUT2D eigenvalue weighted by atomic mass is 32.2. The van der Waals surface area contributed by atoms with Gasteiger partial charge in [0.05, 0.1) is 11.7 Å². The summed E-state index contributed by atoms with van der Waals surface area (Å²) in [4.78, 5) is 13.4. The van der Waals surface area contributed by atoms with E-state index in [1.54, 1.807) is 17.8 Å². The van der Waals surface area contributed by atoms with Gasteiger partial charge in [-0.15, -0.1) is 22.0 Å². The Morgan fingerprint density at radius 1 is 1.11 bits per heavy atom. The molecule has 0 unspecified atom stereocenters. The lowest BCUT2D eigenvalue weighted by Gasteiger charge is -2.11. The highest BCUT2D eigenvalue weighted by Gasteiger charge is 2.19. The first kappa shape index (κ1) is 18.7. The zero-order chi connectivity index (χ0) is 19.2. The van der Waals surface area contributed by atoms with Crippen molar-refractivity contribution in [3.63, 3.8) is 0 Å². The maximum atomic E-state index is 12.6. The molecule has 0 N–H and O–H groups in total. The number of ether oxygens (including phenoxy) is 2. The monoisotopic (exact) mass is 396 g/mol. The van der Waals surface area contributed by atoms with Gasteiger partial charge in [0.25, 0.3) is 5.89 Å². The third-order valence-electron chi connectivity index (χ3n) is 4.37. The summed E-state index contributed by atoms with van der Waals surface area (Å²) in [6, 6.07) is 16.9. The molecule has 1 aliphatic rings. The Morgan fingerprint density at radius 3 is 2.75 bits per heavy atom. The van der Waals surface area contributed by atoms with Gasteiger partial charge in [-0.05, 0) is 37.1 Å². The minimum absolute atomic E-state index is 0.0661. The van der Waals surface area contributed by atoms with Crippen molar-refractivity contribution in [1.29, 1.82) is 0 Å². The largest absolute Gasteiger partial charge is 0.452 e. The van der Waals surface area contributed by atoms with Crippen molar-refractivity contribution in [2.45, 2.75) is 30.4 Å². The first-order valence-corrected chi connectivity index (χ1v) is 10.2. The maximum absolute atomic E-state index is 12.6. The second-order valence-electron chi connectivity index (χ2n) is 6.39. The van der Waals surface area contributed by atoms with Crippen LogP contribution in [0.4, 0.5) is 0 Å². The SMILES string of the molecule is O=C(OCc1nnc(-c2ccccc2)o1)c1ccccc1SC[C@H]1CCCO1. The van der Waals surface area contributed by atoms with Crippen molar-refractivity contribution in [3.05, 3.63) is 66.1 Å². The quantitative estimate of drug-likeness (QED) is 0.434. The fourth-order valence-electron chi connectivity index (χ4n) is 2.93. The summed E-state index contributed by atoms with van der Waals surface area (Å²) < 4.78 is 16.6. The molecule has 1 fully saturated rings. The second kappa shape index (κ2) is 9.03. The number of aromatic nitrogens is 2. The van der Waals surface area contributed by atoms with E-state index >= 15 is 0 Å². The highest BCUT2D eigenvalue weighted by molar-refractivity contribution is 7.99.